The van der Waals surface area contributed by atoms with Gasteiger partial charge in [0.25, 0.3) is 0 Å². The minimum atomic E-state index is -1.27. The summed E-state index contributed by atoms with van der Waals surface area (Å²) in [6.07, 6.45) is 3.25. The number of aliphatic carboxylic acids is 1. The Bertz CT molecular complexity index is 494. The number of carboxylic acid groups (broad SMARTS) is 1. The van der Waals surface area contributed by atoms with Crippen molar-refractivity contribution in [3.63, 3.8) is 0 Å². The molecule has 0 atom stereocenters. The summed E-state index contributed by atoms with van der Waals surface area (Å²) in [6, 6.07) is -0.262. The summed E-state index contributed by atoms with van der Waals surface area (Å²) in [5.41, 5.74) is -0.726. The van der Waals surface area contributed by atoms with Crippen molar-refractivity contribution < 1.29 is 14.7 Å². The van der Waals surface area contributed by atoms with Crippen molar-refractivity contribution >= 4 is 17.7 Å². The smallest absolute Gasteiger partial charge is 0.329 e. The standard InChI is InChI=1S/C13H22N4O3/c1-6-16(13(4,5)11(18)19)12(20)15-10-7-14-17(8-10)9(2)3/h7-9H,6H2,1-5H3,(H,15,20)(H,18,19). The Morgan fingerprint density at radius 3 is 2.50 bits per heavy atom. The van der Waals surface area contributed by atoms with Crippen LogP contribution in [-0.4, -0.2) is 43.9 Å². The molecule has 0 radical (unpaired) electrons. The number of carbonyl (C=O) groups excluding carboxylic acids is 1. The lowest BCUT2D eigenvalue weighted by Gasteiger charge is -2.33. The van der Waals surface area contributed by atoms with E-state index in [2.05, 4.69) is 10.4 Å². The summed E-state index contributed by atoms with van der Waals surface area (Å²) >= 11 is 0. The molecule has 0 bridgehead atoms. The molecular weight excluding hydrogens is 260 g/mol. The summed E-state index contributed by atoms with van der Waals surface area (Å²) in [5.74, 6) is -1.05. The van der Waals surface area contributed by atoms with E-state index in [-0.39, 0.29) is 6.04 Å². The van der Waals surface area contributed by atoms with Crippen molar-refractivity contribution in [2.75, 3.05) is 11.9 Å². The molecule has 0 aliphatic rings. The van der Waals surface area contributed by atoms with E-state index in [0.29, 0.717) is 12.2 Å². The van der Waals surface area contributed by atoms with E-state index < -0.39 is 17.5 Å². The van der Waals surface area contributed by atoms with Gasteiger partial charge in [-0.3, -0.25) is 4.68 Å². The number of hydrogen-bond acceptors (Lipinski definition) is 3. The first-order chi connectivity index (χ1) is 9.20. The lowest BCUT2D eigenvalue weighted by molar-refractivity contribution is -0.147. The fourth-order valence-corrected chi connectivity index (χ4v) is 1.78. The van der Waals surface area contributed by atoms with Gasteiger partial charge in [0.05, 0.1) is 11.9 Å². The average Bonchev–Trinajstić information content (AvgIpc) is 2.77. The van der Waals surface area contributed by atoms with Gasteiger partial charge < -0.3 is 15.3 Å². The Balaban J connectivity index is 2.85. The van der Waals surface area contributed by atoms with Gasteiger partial charge >= 0.3 is 12.0 Å². The number of hydrogen-bond donors (Lipinski definition) is 2. The van der Waals surface area contributed by atoms with Gasteiger partial charge in [0.1, 0.15) is 5.54 Å². The van der Waals surface area contributed by atoms with Crippen LogP contribution in [0.3, 0.4) is 0 Å². The van der Waals surface area contributed by atoms with Crippen LogP contribution in [0.1, 0.15) is 40.7 Å². The molecule has 0 fully saturated rings. The summed E-state index contributed by atoms with van der Waals surface area (Å²) in [6.45, 7) is 8.98. The van der Waals surface area contributed by atoms with E-state index in [1.165, 1.54) is 18.7 Å². The molecule has 0 spiro atoms. The topological polar surface area (TPSA) is 87.5 Å². The van der Waals surface area contributed by atoms with Crippen LogP contribution < -0.4 is 5.32 Å². The van der Waals surface area contributed by atoms with E-state index in [1.807, 2.05) is 13.8 Å². The van der Waals surface area contributed by atoms with Gasteiger partial charge in [-0.25, -0.2) is 9.59 Å². The van der Waals surface area contributed by atoms with E-state index in [0.717, 1.165) is 0 Å². The molecule has 2 amide bonds. The highest BCUT2D eigenvalue weighted by molar-refractivity contribution is 5.93. The van der Waals surface area contributed by atoms with E-state index in [9.17, 15) is 14.7 Å². The van der Waals surface area contributed by atoms with Crippen LogP contribution in [0.2, 0.25) is 0 Å². The molecule has 112 valence electrons. The number of aromatic nitrogens is 2. The molecule has 20 heavy (non-hydrogen) atoms. The van der Waals surface area contributed by atoms with Crippen molar-refractivity contribution in [2.24, 2.45) is 0 Å². The van der Waals surface area contributed by atoms with Gasteiger partial charge in [0.15, 0.2) is 0 Å². The zero-order valence-electron chi connectivity index (χ0n) is 12.5. The number of likely N-dealkylation sites (N-methyl/N-ethyl adjacent to an activating group) is 1. The van der Waals surface area contributed by atoms with E-state index >= 15 is 0 Å². The van der Waals surface area contributed by atoms with Gasteiger partial charge in [-0.2, -0.15) is 5.10 Å². The minimum absolute atomic E-state index is 0.193. The fourth-order valence-electron chi connectivity index (χ4n) is 1.78. The molecule has 1 heterocycles. The predicted molar refractivity (Wildman–Crippen MR) is 75.7 cm³/mol. The Labute approximate surface area is 118 Å². The molecule has 7 nitrogen and oxygen atoms in total. The van der Waals surface area contributed by atoms with Crippen LogP contribution in [0, 0.1) is 0 Å². The summed E-state index contributed by atoms with van der Waals surface area (Å²) in [4.78, 5) is 24.7. The van der Waals surface area contributed by atoms with Gasteiger partial charge in [-0.1, -0.05) is 0 Å². The van der Waals surface area contributed by atoms with Crippen LogP contribution >= 0.6 is 0 Å². The Morgan fingerprint density at radius 1 is 1.50 bits per heavy atom. The second-order valence-corrected chi connectivity index (χ2v) is 5.34. The van der Waals surface area contributed by atoms with Crippen molar-refractivity contribution in [1.29, 1.82) is 0 Å². The van der Waals surface area contributed by atoms with Gasteiger partial charge in [-0.15, -0.1) is 0 Å². The fraction of sp³-hybridized carbons (Fsp3) is 0.615. The third-order valence-electron chi connectivity index (χ3n) is 3.14. The highest BCUT2D eigenvalue weighted by Gasteiger charge is 2.37. The number of carboxylic acids is 1. The zero-order chi connectivity index (χ0) is 15.5. The zero-order valence-corrected chi connectivity index (χ0v) is 12.5. The molecule has 2 N–H and O–H groups in total. The summed E-state index contributed by atoms with van der Waals surface area (Å²) in [7, 11) is 0. The number of nitrogens with zero attached hydrogens (tertiary/aromatic N) is 3. The molecule has 0 aliphatic carbocycles. The molecule has 0 saturated heterocycles. The van der Waals surface area contributed by atoms with Crippen LogP contribution in [0.5, 0.6) is 0 Å². The van der Waals surface area contributed by atoms with Gasteiger partial charge in [0.2, 0.25) is 0 Å². The van der Waals surface area contributed by atoms with Crippen molar-refractivity contribution in [3.8, 4) is 0 Å². The number of carbonyl (C=O) groups is 2. The van der Waals surface area contributed by atoms with Crippen molar-refractivity contribution in [3.05, 3.63) is 12.4 Å². The molecule has 0 aromatic carbocycles. The first-order valence-electron chi connectivity index (χ1n) is 6.56. The third-order valence-corrected chi connectivity index (χ3v) is 3.14. The first-order valence-corrected chi connectivity index (χ1v) is 6.56. The third kappa shape index (κ3) is 3.28. The highest BCUT2D eigenvalue weighted by Crippen LogP contribution is 2.17. The number of anilines is 1. The largest absolute Gasteiger partial charge is 0.480 e. The van der Waals surface area contributed by atoms with Crippen LogP contribution in [0.15, 0.2) is 12.4 Å². The van der Waals surface area contributed by atoms with Gasteiger partial charge in [0, 0.05) is 18.8 Å². The second kappa shape index (κ2) is 5.94. The maximum absolute atomic E-state index is 12.2. The van der Waals surface area contributed by atoms with Crippen LogP contribution in [-0.2, 0) is 4.79 Å². The summed E-state index contributed by atoms with van der Waals surface area (Å²) in [5, 5.41) is 16.0. The molecule has 1 aromatic heterocycles. The molecule has 1 rings (SSSR count). The Kier molecular flexibility index (Phi) is 4.75. The second-order valence-electron chi connectivity index (χ2n) is 5.34. The lowest BCUT2D eigenvalue weighted by Crippen LogP contribution is -2.54. The monoisotopic (exact) mass is 282 g/mol. The number of amides is 2. The molecular formula is C13H22N4O3. The first kappa shape index (κ1) is 16.0. The molecule has 1 aromatic rings. The van der Waals surface area contributed by atoms with Crippen molar-refractivity contribution in [1.82, 2.24) is 14.7 Å². The minimum Gasteiger partial charge on any atom is -0.480 e. The summed E-state index contributed by atoms with van der Waals surface area (Å²) < 4.78 is 1.72. The highest BCUT2D eigenvalue weighted by atomic mass is 16.4. The van der Waals surface area contributed by atoms with Crippen LogP contribution in [0.4, 0.5) is 10.5 Å². The molecule has 0 unspecified atom stereocenters. The average molecular weight is 282 g/mol. The van der Waals surface area contributed by atoms with Crippen molar-refractivity contribution in [2.45, 2.75) is 46.2 Å². The maximum atomic E-state index is 12.2. The SMILES string of the molecule is CCN(C(=O)Nc1cnn(C(C)C)c1)C(C)(C)C(=O)O. The van der Waals surface area contributed by atoms with Crippen LogP contribution in [0.25, 0.3) is 0 Å². The van der Waals surface area contributed by atoms with E-state index in [4.69, 9.17) is 0 Å². The predicted octanol–water partition coefficient (Wildman–Crippen LogP) is 2.18. The lowest BCUT2D eigenvalue weighted by atomic mass is 10.0. The molecule has 0 saturated carbocycles. The maximum Gasteiger partial charge on any atom is 0.329 e. The number of nitrogens with one attached hydrogen (secondary N) is 1. The molecule has 7 heteroatoms. The van der Waals surface area contributed by atoms with Gasteiger partial charge in [-0.05, 0) is 34.6 Å². The normalized spacial score (nSPS) is 11.5. The Morgan fingerprint density at radius 2 is 2.10 bits per heavy atom. The quantitative estimate of drug-likeness (QED) is 0.866. The number of rotatable bonds is 5. The Hall–Kier alpha value is -2.05. The molecule has 0 aliphatic heterocycles. The van der Waals surface area contributed by atoms with E-state index in [1.54, 1.807) is 24.0 Å². The number of urea groups is 1.